The molecule has 2 aliphatic rings. The molecule has 3 nitrogen and oxygen atoms in total. The Balaban J connectivity index is 1.89. The van der Waals surface area contributed by atoms with Gasteiger partial charge < -0.3 is 10.2 Å². The van der Waals surface area contributed by atoms with E-state index in [0.717, 1.165) is 37.2 Å². The van der Waals surface area contributed by atoms with E-state index in [1.165, 1.54) is 18.4 Å². The van der Waals surface area contributed by atoms with Gasteiger partial charge in [0.25, 0.3) is 5.91 Å². The third kappa shape index (κ3) is 2.67. The molecule has 1 aliphatic heterocycles. The van der Waals surface area contributed by atoms with Crippen LogP contribution in [0.15, 0.2) is 18.2 Å². The first-order chi connectivity index (χ1) is 9.66. The molecule has 0 saturated heterocycles. The minimum atomic E-state index is 0.238. The van der Waals surface area contributed by atoms with E-state index in [4.69, 9.17) is 0 Å². The molecule has 0 unspecified atom stereocenters. The average Bonchev–Trinajstić information content (AvgIpc) is 3.28. The van der Waals surface area contributed by atoms with Gasteiger partial charge in [0.15, 0.2) is 0 Å². The van der Waals surface area contributed by atoms with E-state index < -0.39 is 0 Å². The van der Waals surface area contributed by atoms with Crippen LogP contribution in [0.3, 0.4) is 0 Å². The second-order valence-electron chi connectivity index (χ2n) is 6.44. The summed E-state index contributed by atoms with van der Waals surface area (Å²) >= 11 is 0. The Bertz CT molecular complexity index is 506. The van der Waals surface area contributed by atoms with Gasteiger partial charge in [0, 0.05) is 30.4 Å². The lowest BCUT2D eigenvalue weighted by Gasteiger charge is -2.27. The fourth-order valence-corrected chi connectivity index (χ4v) is 3.04. The third-order valence-corrected chi connectivity index (χ3v) is 4.14. The van der Waals surface area contributed by atoms with E-state index in [2.05, 4.69) is 30.1 Å². The molecule has 1 heterocycles. The Morgan fingerprint density at radius 2 is 2.20 bits per heavy atom. The highest BCUT2D eigenvalue weighted by Crippen LogP contribution is 2.32. The zero-order chi connectivity index (χ0) is 14.1. The summed E-state index contributed by atoms with van der Waals surface area (Å²) in [4.78, 5) is 15.0. The van der Waals surface area contributed by atoms with Crippen LogP contribution in [0.5, 0.6) is 0 Å². The van der Waals surface area contributed by atoms with Crippen LogP contribution in [0.2, 0.25) is 0 Å². The quantitative estimate of drug-likeness (QED) is 0.912. The number of nitrogens with one attached hydrogen (secondary N) is 1. The second kappa shape index (κ2) is 5.47. The molecule has 1 amide bonds. The molecule has 1 N–H and O–H groups in total. The Hall–Kier alpha value is -1.51. The van der Waals surface area contributed by atoms with Gasteiger partial charge in [0.2, 0.25) is 0 Å². The molecule has 0 radical (unpaired) electrons. The molecule has 0 aromatic heterocycles. The van der Waals surface area contributed by atoms with Gasteiger partial charge in [-0.3, -0.25) is 4.79 Å². The zero-order valence-corrected chi connectivity index (χ0v) is 12.5. The van der Waals surface area contributed by atoms with Crippen molar-refractivity contribution in [1.82, 2.24) is 4.90 Å². The first kappa shape index (κ1) is 13.5. The van der Waals surface area contributed by atoms with E-state index in [9.17, 15) is 4.79 Å². The molecular weight excluding hydrogens is 248 g/mol. The molecule has 108 valence electrons. The number of benzene rings is 1. The molecule has 0 atom stereocenters. The molecule has 20 heavy (non-hydrogen) atoms. The molecular formula is C17H24N2O. The van der Waals surface area contributed by atoms with Gasteiger partial charge in [-0.25, -0.2) is 0 Å². The standard InChI is InChI=1S/C17H24N2O/c1-12(2)11-19(13-8-9-13)17(20)15-5-3-7-16-14(15)6-4-10-18-16/h3,5,7,12-13,18H,4,6,8-11H2,1-2H3. The first-order valence-electron chi connectivity index (χ1n) is 7.83. The van der Waals surface area contributed by atoms with E-state index in [1.54, 1.807) is 0 Å². The Morgan fingerprint density at radius 3 is 2.90 bits per heavy atom. The Labute approximate surface area is 121 Å². The summed E-state index contributed by atoms with van der Waals surface area (Å²) < 4.78 is 0. The molecule has 0 bridgehead atoms. The van der Waals surface area contributed by atoms with Crippen LogP contribution in [0.25, 0.3) is 0 Å². The summed E-state index contributed by atoms with van der Waals surface area (Å²) in [6, 6.07) is 6.58. The van der Waals surface area contributed by atoms with Gasteiger partial charge in [-0.1, -0.05) is 19.9 Å². The van der Waals surface area contributed by atoms with Gasteiger partial charge in [0.1, 0.15) is 0 Å². The van der Waals surface area contributed by atoms with Crippen LogP contribution in [0.1, 0.15) is 49.0 Å². The molecule has 3 rings (SSSR count). The predicted octanol–water partition coefficient (Wildman–Crippen LogP) is 3.31. The summed E-state index contributed by atoms with van der Waals surface area (Å²) in [6.45, 7) is 6.26. The highest BCUT2D eigenvalue weighted by Gasteiger charge is 2.34. The molecule has 1 aromatic rings. The molecule has 1 fully saturated rings. The largest absolute Gasteiger partial charge is 0.385 e. The Kier molecular flexibility index (Phi) is 3.68. The number of fused-ring (bicyclic) bond motifs is 1. The third-order valence-electron chi connectivity index (χ3n) is 4.14. The number of amides is 1. The van der Waals surface area contributed by atoms with Gasteiger partial charge in [-0.2, -0.15) is 0 Å². The van der Waals surface area contributed by atoms with Crippen LogP contribution >= 0.6 is 0 Å². The fourth-order valence-electron chi connectivity index (χ4n) is 3.04. The van der Waals surface area contributed by atoms with Crippen molar-refractivity contribution in [3.8, 4) is 0 Å². The van der Waals surface area contributed by atoms with E-state index >= 15 is 0 Å². The van der Waals surface area contributed by atoms with E-state index in [1.807, 2.05) is 12.1 Å². The first-order valence-corrected chi connectivity index (χ1v) is 7.83. The summed E-state index contributed by atoms with van der Waals surface area (Å²) in [5.41, 5.74) is 3.29. The fraction of sp³-hybridized carbons (Fsp3) is 0.588. The number of hydrogen-bond donors (Lipinski definition) is 1. The normalized spacial score (nSPS) is 17.6. The number of hydrogen-bond acceptors (Lipinski definition) is 2. The monoisotopic (exact) mass is 272 g/mol. The molecule has 0 spiro atoms. The smallest absolute Gasteiger partial charge is 0.254 e. The lowest BCUT2D eigenvalue weighted by atomic mass is 9.96. The number of nitrogens with zero attached hydrogens (tertiary/aromatic N) is 1. The number of carbonyl (C=O) groups is 1. The number of carbonyl (C=O) groups excluding carboxylic acids is 1. The SMILES string of the molecule is CC(C)CN(C(=O)c1cccc2c1CCCN2)C1CC1. The van der Waals surface area contributed by atoms with Crippen LogP contribution in [-0.4, -0.2) is 29.9 Å². The number of rotatable bonds is 4. The molecule has 1 saturated carbocycles. The second-order valence-corrected chi connectivity index (χ2v) is 6.44. The van der Waals surface area contributed by atoms with Crippen molar-refractivity contribution in [2.24, 2.45) is 5.92 Å². The van der Waals surface area contributed by atoms with Crippen molar-refractivity contribution >= 4 is 11.6 Å². The van der Waals surface area contributed by atoms with E-state index in [0.29, 0.717) is 12.0 Å². The van der Waals surface area contributed by atoms with E-state index in [-0.39, 0.29) is 5.91 Å². The zero-order valence-electron chi connectivity index (χ0n) is 12.5. The maximum Gasteiger partial charge on any atom is 0.254 e. The van der Waals surface area contributed by atoms with Crippen molar-refractivity contribution in [2.75, 3.05) is 18.4 Å². The van der Waals surface area contributed by atoms with Crippen LogP contribution in [0.4, 0.5) is 5.69 Å². The molecule has 1 aromatic carbocycles. The van der Waals surface area contributed by atoms with Gasteiger partial charge in [0.05, 0.1) is 0 Å². The maximum absolute atomic E-state index is 12.9. The highest BCUT2D eigenvalue weighted by molar-refractivity contribution is 5.97. The van der Waals surface area contributed by atoms with Crippen molar-refractivity contribution in [3.05, 3.63) is 29.3 Å². The van der Waals surface area contributed by atoms with Gasteiger partial charge in [-0.15, -0.1) is 0 Å². The van der Waals surface area contributed by atoms with Crippen molar-refractivity contribution in [3.63, 3.8) is 0 Å². The highest BCUT2D eigenvalue weighted by atomic mass is 16.2. The average molecular weight is 272 g/mol. The minimum Gasteiger partial charge on any atom is -0.385 e. The van der Waals surface area contributed by atoms with Gasteiger partial charge in [-0.05, 0) is 49.3 Å². The Morgan fingerprint density at radius 1 is 1.40 bits per heavy atom. The topological polar surface area (TPSA) is 32.3 Å². The van der Waals surface area contributed by atoms with Gasteiger partial charge >= 0.3 is 0 Å². The summed E-state index contributed by atoms with van der Waals surface area (Å²) in [7, 11) is 0. The number of anilines is 1. The van der Waals surface area contributed by atoms with Crippen LogP contribution < -0.4 is 5.32 Å². The molecule has 3 heteroatoms. The molecule has 1 aliphatic carbocycles. The maximum atomic E-state index is 12.9. The summed E-state index contributed by atoms with van der Waals surface area (Å²) in [5, 5.41) is 3.41. The van der Waals surface area contributed by atoms with Crippen LogP contribution in [0, 0.1) is 5.92 Å². The predicted molar refractivity (Wildman–Crippen MR) is 82.1 cm³/mol. The minimum absolute atomic E-state index is 0.238. The summed E-state index contributed by atoms with van der Waals surface area (Å²) in [5.74, 6) is 0.763. The van der Waals surface area contributed by atoms with Crippen molar-refractivity contribution in [1.29, 1.82) is 0 Å². The lowest BCUT2D eigenvalue weighted by molar-refractivity contribution is 0.0721. The lowest BCUT2D eigenvalue weighted by Crippen LogP contribution is -2.37. The summed E-state index contributed by atoms with van der Waals surface area (Å²) in [6.07, 6.45) is 4.48. The van der Waals surface area contributed by atoms with Crippen LogP contribution in [-0.2, 0) is 6.42 Å². The van der Waals surface area contributed by atoms with Crippen molar-refractivity contribution in [2.45, 2.75) is 45.6 Å². The van der Waals surface area contributed by atoms with Crippen molar-refractivity contribution < 1.29 is 4.79 Å².